The summed E-state index contributed by atoms with van der Waals surface area (Å²) in [6.45, 7) is 3.16. The zero-order valence-electron chi connectivity index (χ0n) is 9.80. The summed E-state index contributed by atoms with van der Waals surface area (Å²) in [5, 5.41) is 11.8. The third kappa shape index (κ3) is 2.95. The van der Waals surface area contributed by atoms with Crippen LogP contribution < -0.4 is 5.73 Å². The Morgan fingerprint density at radius 3 is 3.12 bits per heavy atom. The van der Waals surface area contributed by atoms with Crippen molar-refractivity contribution in [3.05, 3.63) is 11.1 Å². The van der Waals surface area contributed by atoms with Crippen LogP contribution in [0.1, 0.15) is 19.0 Å². The lowest BCUT2D eigenvalue weighted by molar-refractivity contribution is -0.129. The fourth-order valence-electron chi connectivity index (χ4n) is 2.08. The van der Waals surface area contributed by atoms with Crippen molar-refractivity contribution in [2.45, 2.75) is 25.9 Å². The molecular formula is C11H17N3O2S. The second-order valence-electron chi connectivity index (χ2n) is 4.48. The molecule has 1 aliphatic rings. The summed E-state index contributed by atoms with van der Waals surface area (Å²) in [5.74, 6) is 0.276. The van der Waals surface area contributed by atoms with E-state index < -0.39 is 0 Å². The molecule has 5 nitrogen and oxygen atoms in total. The minimum atomic E-state index is -0.345. The number of aliphatic hydroxyl groups excluding tert-OH is 1. The van der Waals surface area contributed by atoms with Gasteiger partial charge in [-0.1, -0.05) is 0 Å². The van der Waals surface area contributed by atoms with E-state index in [1.807, 2.05) is 5.38 Å². The van der Waals surface area contributed by atoms with Gasteiger partial charge in [0.1, 0.15) is 0 Å². The Morgan fingerprint density at radius 1 is 1.82 bits per heavy atom. The molecule has 0 saturated carbocycles. The Labute approximate surface area is 104 Å². The third-order valence-electron chi connectivity index (χ3n) is 3.16. The smallest absolute Gasteiger partial charge is 0.228 e. The van der Waals surface area contributed by atoms with Gasteiger partial charge in [0.25, 0.3) is 0 Å². The number of carbonyl (C=O) groups is 1. The number of nitrogens with zero attached hydrogens (tertiary/aromatic N) is 2. The average Bonchev–Trinajstić information content (AvgIpc) is 2.86. The number of nitrogens with two attached hydrogens (primary N) is 1. The highest BCUT2D eigenvalue weighted by Crippen LogP contribution is 2.21. The summed E-state index contributed by atoms with van der Waals surface area (Å²) in [4.78, 5) is 17.8. The zero-order chi connectivity index (χ0) is 12.4. The van der Waals surface area contributed by atoms with Gasteiger partial charge in [-0.2, -0.15) is 0 Å². The van der Waals surface area contributed by atoms with Crippen LogP contribution in [0.3, 0.4) is 0 Å². The molecule has 1 fully saturated rings. The van der Waals surface area contributed by atoms with Crippen LogP contribution in [0, 0.1) is 5.92 Å². The van der Waals surface area contributed by atoms with E-state index in [2.05, 4.69) is 4.98 Å². The van der Waals surface area contributed by atoms with E-state index >= 15 is 0 Å². The Kier molecular flexibility index (Phi) is 3.63. The molecule has 2 atom stereocenters. The van der Waals surface area contributed by atoms with Crippen LogP contribution in [0.15, 0.2) is 5.38 Å². The molecule has 0 spiro atoms. The van der Waals surface area contributed by atoms with Crippen molar-refractivity contribution in [2.24, 2.45) is 5.92 Å². The molecule has 1 saturated heterocycles. The molecule has 1 amide bonds. The lowest BCUT2D eigenvalue weighted by Gasteiger charge is -2.17. The maximum absolute atomic E-state index is 12.0. The fraction of sp³-hybridized carbons (Fsp3) is 0.636. The standard InChI is InChI=1S/C11H17N3O2S/c1-7(15)8-2-3-14(5-8)10(16)4-9-6-17-11(12)13-9/h6-8,15H,2-5H2,1H3,(H2,12,13). The van der Waals surface area contributed by atoms with Gasteiger partial charge in [0.15, 0.2) is 5.13 Å². The fourth-order valence-corrected chi connectivity index (χ4v) is 2.64. The number of nitrogen functional groups attached to an aromatic ring is 1. The predicted molar refractivity (Wildman–Crippen MR) is 66.6 cm³/mol. The number of rotatable bonds is 3. The van der Waals surface area contributed by atoms with Crippen LogP contribution in [0.5, 0.6) is 0 Å². The van der Waals surface area contributed by atoms with Crippen LogP contribution in [-0.2, 0) is 11.2 Å². The van der Waals surface area contributed by atoms with Gasteiger partial charge in [-0.05, 0) is 13.3 Å². The van der Waals surface area contributed by atoms with E-state index in [0.717, 1.165) is 18.7 Å². The number of carbonyl (C=O) groups excluding carboxylic acids is 1. The molecule has 1 aromatic heterocycles. The molecule has 1 aromatic rings. The highest BCUT2D eigenvalue weighted by molar-refractivity contribution is 7.13. The Balaban J connectivity index is 1.89. The average molecular weight is 255 g/mol. The lowest BCUT2D eigenvalue weighted by atomic mass is 10.0. The maximum atomic E-state index is 12.0. The molecule has 17 heavy (non-hydrogen) atoms. The van der Waals surface area contributed by atoms with E-state index in [4.69, 9.17) is 5.73 Å². The number of amides is 1. The van der Waals surface area contributed by atoms with E-state index in [-0.39, 0.29) is 17.9 Å². The number of hydrogen-bond acceptors (Lipinski definition) is 5. The van der Waals surface area contributed by atoms with Crippen molar-refractivity contribution in [2.75, 3.05) is 18.8 Å². The van der Waals surface area contributed by atoms with E-state index in [0.29, 0.717) is 18.1 Å². The second-order valence-corrected chi connectivity index (χ2v) is 5.37. The number of aromatic nitrogens is 1. The van der Waals surface area contributed by atoms with Gasteiger partial charge < -0.3 is 15.7 Å². The first-order valence-electron chi connectivity index (χ1n) is 5.72. The normalized spacial score (nSPS) is 21.8. The number of anilines is 1. The predicted octanol–water partition coefficient (Wildman–Crippen LogP) is 0.497. The summed E-state index contributed by atoms with van der Waals surface area (Å²) in [6.07, 6.45) is 0.839. The molecule has 3 N–H and O–H groups in total. The van der Waals surface area contributed by atoms with Crippen LogP contribution >= 0.6 is 11.3 Å². The third-order valence-corrected chi connectivity index (χ3v) is 3.88. The summed E-state index contributed by atoms with van der Waals surface area (Å²) >= 11 is 1.35. The highest BCUT2D eigenvalue weighted by atomic mass is 32.1. The van der Waals surface area contributed by atoms with Crippen LogP contribution in [-0.4, -0.2) is 40.1 Å². The van der Waals surface area contributed by atoms with Gasteiger partial charge >= 0.3 is 0 Å². The van der Waals surface area contributed by atoms with Crippen LogP contribution in [0.2, 0.25) is 0 Å². The van der Waals surface area contributed by atoms with Gasteiger partial charge in [0, 0.05) is 24.4 Å². The SMILES string of the molecule is CC(O)C1CCN(C(=O)Cc2csc(N)n2)C1. The van der Waals surface area contributed by atoms with E-state index in [1.165, 1.54) is 11.3 Å². The first-order valence-corrected chi connectivity index (χ1v) is 6.60. The monoisotopic (exact) mass is 255 g/mol. The molecule has 6 heteroatoms. The Hall–Kier alpha value is -1.14. The maximum Gasteiger partial charge on any atom is 0.228 e. The molecule has 2 heterocycles. The number of hydrogen-bond donors (Lipinski definition) is 2. The van der Waals surface area contributed by atoms with E-state index in [1.54, 1.807) is 11.8 Å². The first-order chi connectivity index (χ1) is 8.06. The molecular weight excluding hydrogens is 238 g/mol. The minimum absolute atomic E-state index is 0.0680. The molecule has 2 rings (SSSR count). The van der Waals surface area contributed by atoms with Crippen molar-refractivity contribution < 1.29 is 9.90 Å². The Morgan fingerprint density at radius 2 is 2.59 bits per heavy atom. The van der Waals surface area contributed by atoms with Crippen LogP contribution in [0.4, 0.5) is 5.13 Å². The quantitative estimate of drug-likeness (QED) is 0.824. The topological polar surface area (TPSA) is 79.5 Å². The van der Waals surface area contributed by atoms with Gasteiger partial charge in [0.05, 0.1) is 18.2 Å². The number of aliphatic hydroxyl groups is 1. The zero-order valence-corrected chi connectivity index (χ0v) is 10.6. The molecule has 0 radical (unpaired) electrons. The molecule has 94 valence electrons. The van der Waals surface area contributed by atoms with Crippen LogP contribution in [0.25, 0.3) is 0 Å². The lowest BCUT2D eigenvalue weighted by Crippen LogP contribution is -2.31. The molecule has 2 unspecified atom stereocenters. The van der Waals surface area contributed by atoms with Gasteiger partial charge in [-0.3, -0.25) is 4.79 Å². The molecule has 0 bridgehead atoms. The van der Waals surface area contributed by atoms with E-state index in [9.17, 15) is 9.90 Å². The summed E-state index contributed by atoms with van der Waals surface area (Å²) in [7, 11) is 0. The van der Waals surface area contributed by atoms with Gasteiger partial charge in [0.2, 0.25) is 5.91 Å². The number of thiazole rings is 1. The van der Waals surface area contributed by atoms with Crippen molar-refractivity contribution >= 4 is 22.4 Å². The first kappa shape index (κ1) is 12.3. The second kappa shape index (κ2) is 5.01. The van der Waals surface area contributed by atoms with Crippen molar-refractivity contribution in [1.29, 1.82) is 0 Å². The van der Waals surface area contributed by atoms with Crippen molar-refractivity contribution in [3.8, 4) is 0 Å². The molecule has 1 aliphatic heterocycles. The Bertz CT molecular complexity index is 405. The van der Waals surface area contributed by atoms with Gasteiger partial charge in [-0.25, -0.2) is 4.98 Å². The van der Waals surface area contributed by atoms with Crippen molar-refractivity contribution in [3.63, 3.8) is 0 Å². The largest absolute Gasteiger partial charge is 0.393 e. The highest BCUT2D eigenvalue weighted by Gasteiger charge is 2.29. The summed E-state index contributed by atoms with van der Waals surface area (Å²) < 4.78 is 0. The minimum Gasteiger partial charge on any atom is -0.393 e. The summed E-state index contributed by atoms with van der Waals surface area (Å²) in [6, 6.07) is 0. The molecule has 0 aliphatic carbocycles. The van der Waals surface area contributed by atoms with Crippen molar-refractivity contribution in [1.82, 2.24) is 9.88 Å². The summed E-state index contributed by atoms with van der Waals surface area (Å²) in [5.41, 5.74) is 6.25. The number of likely N-dealkylation sites (tertiary alicyclic amines) is 1. The molecule has 0 aromatic carbocycles. The van der Waals surface area contributed by atoms with Gasteiger partial charge in [-0.15, -0.1) is 11.3 Å².